The van der Waals surface area contributed by atoms with Crippen LogP contribution in [0, 0.1) is 0 Å². The predicted octanol–water partition coefficient (Wildman–Crippen LogP) is 3.06. The number of nitrogens with one attached hydrogen (secondary N) is 1. The van der Waals surface area contributed by atoms with Crippen molar-refractivity contribution in [2.24, 2.45) is 7.05 Å². The second kappa shape index (κ2) is 10.7. The number of para-hydroxylation sites is 1. The van der Waals surface area contributed by atoms with Crippen molar-refractivity contribution < 1.29 is 19.5 Å². The van der Waals surface area contributed by atoms with Gasteiger partial charge in [-0.3, -0.25) is 24.0 Å². The molecule has 4 rings (SSSR count). The maximum atomic E-state index is 13.2. The second-order valence-corrected chi connectivity index (χ2v) is 11.1. The van der Waals surface area contributed by atoms with E-state index in [1.807, 2.05) is 26.0 Å². The van der Waals surface area contributed by atoms with Crippen LogP contribution in [0.25, 0.3) is 11.0 Å². The number of imidazole rings is 1. The molecule has 2 aromatic rings. The van der Waals surface area contributed by atoms with Crippen LogP contribution in [0.1, 0.15) is 76.3 Å². The summed E-state index contributed by atoms with van der Waals surface area (Å²) < 4.78 is 3.20. The smallest absolute Gasteiger partial charge is 0.407 e. The summed E-state index contributed by atoms with van der Waals surface area (Å²) >= 11 is 0. The molecule has 0 radical (unpaired) electrons. The van der Waals surface area contributed by atoms with E-state index in [2.05, 4.69) is 16.3 Å². The summed E-state index contributed by atoms with van der Waals surface area (Å²) in [5.41, 5.74) is 2.15. The summed E-state index contributed by atoms with van der Waals surface area (Å²) in [4.78, 5) is 52.5. The molecule has 0 spiro atoms. The topological polar surface area (TPSA) is 117 Å². The normalized spacial score (nSPS) is 19.8. The van der Waals surface area contributed by atoms with Gasteiger partial charge in [-0.15, -0.1) is 0 Å². The molecule has 10 heteroatoms. The molecule has 2 fully saturated rings. The molecule has 1 aromatic carbocycles. The van der Waals surface area contributed by atoms with Gasteiger partial charge in [-0.2, -0.15) is 0 Å². The quantitative estimate of drug-likeness (QED) is 0.414. The molecule has 10 nitrogen and oxygen atoms in total. The SMILES string of the molecule is CN(C(=O)O)C(C)(C)CCCCN1CCC(c2cccc3c2n(C)c(=O)n3C2CCC(=O)NC2=O)CC1. The van der Waals surface area contributed by atoms with Crippen LogP contribution in [-0.2, 0) is 16.6 Å². The van der Waals surface area contributed by atoms with Crippen LogP contribution in [0.5, 0.6) is 0 Å². The molecule has 3 amide bonds. The molecule has 1 atom stereocenters. The molecule has 0 bridgehead atoms. The highest BCUT2D eigenvalue weighted by atomic mass is 16.4. The lowest BCUT2D eigenvalue weighted by molar-refractivity contribution is -0.135. The average Bonchev–Trinajstić information content (AvgIpc) is 3.12. The number of hydrogen-bond donors (Lipinski definition) is 2. The van der Waals surface area contributed by atoms with Gasteiger partial charge >= 0.3 is 11.8 Å². The lowest BCUT2D eigenvalue weighted by Gasteiger charge is -2.35. The van der Waals surface area contributed by atoms with E-state index in [0.29, 0.717) is 12.3 Å². The Morgan fingerprint density at radius 3 is 2.49 bits per heavy atom. The fourth-order valence-corrected chi connectivity index (χ4v) is 5.82. The Labute approximate surface area is 217 Å². The Hall–Kier alpha value is -3.14. The number of carbonyl (C=O) groups excluding carboxylic acids is 2. The van der Waals surface area contributed by atoms with Crippen molar-refractivity contribution in [1.82, 2.24) is 24.3 Å². The van der Waals surface area contributed by atoms with Crippen molar-refractivity contribution in [1.29, 1.82) is 0 Å². The van der Waals surface area contributed by atoms with Gasteiger partial charge in [0, 0.05) is 26.1 Å². The largest absolute Gasteiger partial charge is 0.465 e. The number of rotatable bonds is 8. The summed E-state index contributed by atoms with van der Waals surface area (Å²) in [5.74, 6) is -0.382. The number of piperidine rings is 2. The van der Waals surface area contributed by atoms with Crippen LogP contribution in [-0.4, -0.2) is 74.2 Å². The van der Waals surface area contributed by atoms with E-state index in [-0.39, 0.29) is 23.6 Å². The molecule has 1 aromatic heterocycles. The van der Waals surface area contributed by atoms with E-state index >= 15 is 0 Å². The van der Waals surface area contributed by atoms with E-state index in [9.17, 15) is 24.3 Å². The number of likely N-dealkylation sites (tertiary alicyclic amines) is 1. The predicted molar refractivity (Wildman–Crippen MR) is 141 cm³/mol. The van der Waals surface area contributed by atoms with Gasteiger partial charge in [-0.05, 0) is 89.6 Å². The maximum Gasteiger partial charge on any atom is 0.407 e. The number of imide groups is 1. The van der Waals surface area contributed by atoms with Gasteiger partial charge < -0.3 is 14.9 Å². The third-order valence-electron chi connectivity index (χ3n) is 8.39. The van der Waals surface area contributed by atoms with Crippen LogP contribution < -0.4 is 11.0 Å². The molecule has 2 aliphatic heterocycles. The van der Waals surface area contributed by atoms with Gasteiger partial charge in [0.15, 0.2) is 0 Å². The van der Waals surface area contributed by atoms with Crippen molar-refractivity contribution in [2.45, 2.75) is 76.3 Å². The van der Waals surface area contributed by atoms with E-state index in [4.69, 9.17) is 0 Å². The second-order valence-electron chi connectivity index (χ2n) is 11.1. The molecular weight excluding hydrogens is 474 g/mol. The highest BCUT2D eigenvalue weighted by Gasteiger charge is 2.33. The van der Waals surface area contributed by atoms with Gasteiger partial charge in [0.05, 0.1) is 11.0 Å². The number of unbranched alkanes of at least 4 members (excludes halogenated alkanes) is 1. The zero-order valence-electron chi connectivity index (χ0n) is 22.3. The van der Waals surface area contributed by atoms with Gasteiger partial charge in [-0.1, -0.05) is 12.1 Å². The van der Waals surface area contributed by atoms with Crippen molar-refractivity contribution >= 4 is 28.9 Å². The third-order valence-corrected chi connectivity index (χ3v) is 8.39. The van der Waals surface area contributed by atoms with Crippen LogP contribution in [0.2, 0.25) is 0 Å². The summed E-state index contributed by atoms with van der Waals surface area (Å²) in [6, 6.07) is 5.27. The number of amides is 3. The highest BCUT2D eigenvalue weighted by molar-refractivity contribution is 6.00. The zero-order chi connectivity index (χ0) is 26.9. The summed E-state index contributed by atoms with van der Waals surface area (Å²) in [6.45, 7) is 6.87. The van der Waals surface area contributed by atoms with Gasteiger partial charge in [0.25, 0.3) is 0 Å². The molecule has 0 saturated carbocycles. The van der Waals surface area contributed by atoms with E-state index in [0.717, 1.165) is 68.3 Å². The summed E-state index contributed by atoms with van der Waals surface area (Å²) in [7, 11) is 3.39. The van der Waals surface area contributed by atoms with Gasteiger partial charge in [0.2, 0.25) is 11.8 Å². The Morgan fingerprint density at radius 2 is 1.84 bits per heavy atom. The van der Waals surface area contributed by atoms with Crippen molar-refractivity contribution in [3.8, 4) is 0 Å². The minimum atomic E-state index is -0.896. The number of benzene rings is 1. The van der Waals surface area contributed by atoms with Crippen LogP contribution in [0.4, 0.5) is 4.79 Å². The van der Waals surface area contributed by atoms with Crippen molar-refractivity contribution in [3.63, 3.8) is 0 Å². The third kappa shape index (κ3) is 5.44. The molecule has 0 aliphatic carbocycles. The Kier molecular flexibility index (Phi) is 7.77. The minimum Gasteiger partial charge on any atom is -0.465 e. The van der Waals surface area contributed by atoms with Crippen LogP contribution in [0.3, 0.4) is 0 Å². The Bertz CT molecular complexity index is 1240. The van der Waals surface area contributed by atoms with Crippen molar-refractivity contribution in [3.05, 3.63) is 34.2 Å². The first-order chi connectivity index (χ1) is 17.5. The van der Waals surface area contributed by atoms with E-state index < -0.39 is 18.0 Å². The summed E-state index contributed by atoms with van der Waals surface area (Å²) in [6.07, 6.45) is 4.47. The van der Waals surface area contributed by atoms with Crippen molar-refractivity contribution in [2.75, 3.05) is 26.7 Å². The molecule has 2 saturated heterocycles. The molecule has 3 heterocycles. The molecule has 2 aliphatic rings. The van der Waals surface area contributed by atoms with E-state index in [1.165, 1.54) is 4.90 Å². The minimum absolute atomic E-state index is 0.227. The molecule has 2 N–H and O–H groups in total. The standard InChI is InChI=1S/C27H39N5O5/c1-27(2,30(4)26(36)37)14-5-6-15-31-16-12-18(13-17-31)19-8-7-9-20-23(19)29(3)25(35)32(20)21-10-11-22(33)28-24(21)34/h7-9,18,21H,5-6,10-17H2,1-4H3,(H,36,37)(H,28,33,34). The molecular formula is C27H39N5O5. The number of nitrogens with zero attached hydrogens (tertiary/aromatic N) is 4. The summed E-state index contributed by atoms with van der Waals surface area (Å²) in [5, 5.41) is 11.6. The molecule has 202 valence electrons. The highest BCUT2D eigenvalue weighted by Crippen LogP contribution is 2.34. The number of fused-ring (bicyclic) bond motifs is 1. The maximum absolute atomic E-state index is 13.2. The number of carboxylic acid groups (broad SMARTS) is 1. The first-order valence-electron chi connectivity index (χ1n) is 13.2. The number of carbonyl (C=O) groups is 3. The Balaban J connectivity index is 1.40. The lowest BCUT2D eigenvalue weighted by atomic mass is 9.88. The fourth-order valence-electron chi connectivity index (χ4n) is 5.82. The van der Waals surface area contributed by atoms with Gasteiger partial charge in [0.1, 0.15) is 6.04 Å². The number of hydrogen-bond acceptors (Lipinski definition) is 5. The molecule has 1 unspecified atom stereocenters. The first-order valence-corrected chi connectivity index (χ1v) is 13.2. The van der Waals surface area contributed by atoms with Gasteiger partial charge in [-0.25, -0.2) is 9.59 Å². The first kappa shape index (κ1) is 26.9. The Morgan fingerprint density at radius 1 is 1.14 bits per heavy atom. The monoisotopic (exact) mass is 513 g/mol. The average molecular weight is 514 g/mol. The van der Waals surface area contributed by atoms with Crippen LogP contribution in [0.15, 0.2) is 23.0 Å². The molecule has 37 heavy (non-hydrogen) atoms. The zero-order valence-corrected chi connectivity index (χ0v) is 22.3. The fraction of sp³-hybridized carbons (Fsp3) is 0.630. The number of aryl methyl sites for hydroxylation is 1. The number of aromatic nitrogens is 2. The van der Waals surface area contributed by atoms with E-state index in [1.54, 1.807) is 23.2 Å². The lowest BCUT2D eigenvalue weighted by Crippen LogP contribution is -2.44. The van der Waals surface area contributed by atoms with Crippen LogP contribution >= 0.6 is 0 Å².